The van der Waals surface area contributed by atoms with Crippen LogP contribution in [0.3, 0.4) is 0 Å². The molecule has 0 amide bonds. The topological polar surface area (TPSA) is 15.3 Å². The summed E-state index contributed by atoms with van der Waals surface area (Å²) >= 11 is 0. The molecule has 0 spiro atoms. The van der Waals surface area contributed by atoms with Crippen molar-refractivity contribution in [3.05, 3.63) is 0 Å². The summed E-state index contributed by atoms with van der Waals surface area (Å²) < 4.78 is 0. The summed E-state index contributed by atoms with van der Waals surface area (Å²) in [6.07, 6.45) is 7.70. The Morgan fingerprint density at radius 2 is 1.50 bits per heavy atom. The highest BCUT2D eigenvalue weighted by molar-refractivity contribution is 5.01. The van der Waals surface area contributed by atoms with Gasteiger partial charge < -0.3 is 10.2 Å². The molecule has 1 N–H and O–H groups in total. The molecule has 4 bridgehead atoms. The molecule has 2 heteroatoms. The lowest BCUT2D eigenvalue weighted by molar-refractivity contribution is -0.0138. The second-order valence-corrected chi connectivity index (χ2v) is 6.71. The van der Waals surface area contributed by atoms with E-state index in [1.54, 1.807) is 6.42 Å². The lowest BCUT2D eigenvalue weighted by Crippen LogP contribution is -2.55. The van der Waals surface area contributed by atoms with E-state index in [0.717, 1.165) is 29.7 Å². The van der Waals surface area contributed by atoms with Crippen LogP contribution in [0.25, 0.3) is 0 Å². The van der Waals surface area contributed by atoms with E-state index in [1.165, 1.54) is 38.8 Å². The molecule has 0 aromatic carbocycles. The van der Waals surface area contributed by atoms with E-state index < -0.39 is 0 Å². The largest absolute Gasteiger partial charge is 0.312 e. The van der Waals surface area contributed by atoms with Crippen molar-refractivity contribution in [2.45, 2.75) is 38.1 Å². The van der Waals surface area contributed by atoms with Crippen molar-refractivity contribution < 1.29 is 0 Å². The summed E-state index contributed by atoms with van der Waals surface area (Å²) in [5.74, 6) is 4.26. The monoisotopic (exact) mass is 222 g/mol. The average molecular weight is 222 g/mol. The third-order valence-corrected chi connectivity index (χ3v) is 5.17. The minimum atomic E-state index is 0.868. The molecule has 92 valence electrons. The van der Waals surface area contributed by atoms with Crippen LogP contribution in [0.15, 0.2) is 0 Å². The first kappa shape index (κ1) is 11.0. The first-order chi connectivity index (χ1) is 7.72. The van der Waals surface area contributed by atoms with Crippen LogP contribution in [0, 0.1) is 23.7 Å². The zero-order valence-electron chi connectivity index (χ0n) is 10.8. The smallest absolute Gasteiger partial charge is 0.0124 e. The van der Waals surface area contributed by atoms with Gasteiger partial charge in [0, 0.05) is 19.1 Å². The SMILES string of the molecule is CN(C)CCNC1C2CC3CC(C2)CC1C3. The molecular formula is C14H26N2. The van der Waals surface area contributed by atoms with E-state index in [9.17, 15) is 0 Å². The predicted octanol–water partition coefficient (Wildman–Crippen LogP) is 1.96. The molecule has 4 aliphatic carbocycles. The molecular weight excluding hydrogens is 196 g/mol. The summed E-state index contributed by atoms with van der Waals surface area (Å²) in [5.41, 5.74) is 0. The van der Waals surface area contributed by atoms with Crippen molar-refractivity contribution in [3.63, 3.8) is 0 Å². The maximum absolute atomic E-state index is 3.85. The summed E-state index contributed by atoms with van der Waals surface area (Å²) in [6.45, 7) is 2.36. The second kappa shape index (κ2) is 4.30. The van der Waals surface area contributed by atoms with Crippen molar-refractivity contribution >= 4 is 0 Å². The summed E-state index contributed by atoms with van der Waals surface area (Å²) in [7, 11) is 4.33. The van der Waals surface area contributed by atoms with Crippen molar-refractivity contribution in [1.82, 2.24) is 10.2 Å². The van der Waals surface area contributed by atoms with E-state index in [1.807, 2.05) is 0 Å². The molecule has 0 saturated heterocycles. The summed E-state index contributed by atoms with van der Waals surface area (Å²) in [5, 5.41) is 3.85. The van der Waals surface area contributed by atoms with E-state index >= 15 is 0 Å². The molecule has 16 heavy (non-hydrogen) atoms. The lowest BCUT2D eigenvalue weighted by Gasteiger charge is -2.54. The molecule has 0 atom stereocenters. The Morgan fingerprint density at radius 3 is 2.00 bits per heavy atom. The maximum Gasteiger partial charge on any atom is 0.0124 e. The highest BCUT2D eigenvalue weighted by Crippen LogP contribution is 2.53. The second-order valence-electron chi connectivity index (χ2n) is 6.71. The van der Waals surface area contributed by atoms with Crippen LogP contribution in [0.1, 0.15) is 32.1 Å². The quantitative estimate of drug-likeness (QED) is 0.782. The fourth-order valence-electron chi connectivity index (χ4n) is 4.71. The molecule has 0 aromatic heterocycles. The molecule has 0 aliphatic heterocycles. The van der Waals surface area contributed by atoms with Crippen LogP contribution >= 0.6 is 0 Å². The molecule has 0 unspecified atom stereocenters. The van der Waals surface area contributed by atoms with Gasteiger partial charge in [-0.25, -0.2) is 0 Å². The van der Waals surface area contributed by atoms with Crippen LogP contribution in [0.2, 0.25) is 0 Å². The number of hydrogen-bond donors (Lipinski definition) is 1. The fourth-order valence-corrected chi connectivity index (χ4v) is 4.71. The van der Waals surface area contributed by atoms with E-state index in [4.69, 9.17) is 0 Å². The number of nitrogens with zero attached hydrogens (tertiary/aromatic N) is 1. The molecule has 0 heterocycles. The number of nitrogens with one attached hydrogen (secondary N) is 1. The lowest BCUT2D eigenvalue weighted by atomic mass is 9.54. The first-order valence-electron chi connectivity index (χ1n) is 7.10. The van der Waals surface area contributed by atoms with Crippen molar-refractivity contribution in [1.29, 1.82) is 0 Å². The minimum Gasteiger partial charge on any atom is -0.312 e. The Balaban J connectivity index is 1.55. The number of hydrogen-bond acceptors (Lipinski definition) is 2. The Kier molecular flexibility index (Phi) is 2.97. The van der Waals surface area contributed by atoms with Crippen LogP contribution in [-0.2, 0) is 0 Å². The molecule has 4 aliphatic rings. The Morgan fingerprint density at radius 1 is 0.938 bits per heavy atom. The zero-order valence-corrected chi connectivity index (χ0v) is 10.8. The molecule has 2 nitrogen and oxygen atoms in total. The maximum atomic E-state index is 3.85. The van der Waals surface area contributed by atoms with E-state index in [2.05, 4.69) is 24.3 Å². The normalized spacial score (nSPS) is 45.6. The summed E-state index contributed by atoms with van der Waals surface area (Å²) in [4.78, 5) is 2.28. The van der Waals surface area contributed by atoms with Gasteiger partial charge in [0.1, 0.15) is 0 Å². The van der Waals surface area contributed by atoms with Gasteiger partial charge in [-0.15, -0.1) is 0 Å². The number of likely N-dealkylation sites (N-methyl/N-ethyl adjacent to an activating group) is 1. The van der Waals surface area contributed by atoms with Crippen LogP contribution < -0.4 is 5.32 Å². The van der Waals surface area contributed by atoms with Gasteiger partial charge in [-0.1, -0.05) is 0 Å². The molecule has 4 saturated carbocycles. The van der Waals surface area contributed by atoms with Crippen LogP contribution in [0.5, 0.6) is 0 Å². The minimum absolute atomic E-state index is 0.868. The van der Waals surface area contributed by atoms with Crippen molar-refractivity contribution in [3.8, 4) is 0 Å². The van der Waals surface area contributed by atoms with Gasteiger partial charge in [0.05, 0.1) is 0 Å². The molecule has 0 radical (unpaired) electrons. The van der Waals surface area contributed by atoms with E-state index in [0.29, 0.717) is 0 Å². The van der Waals surface area contributed by atoms with Gasteiger partial charge in [-0.2, -0.15) is 0 Å². The van der Waals surface area contributed by atoms with Gasteiger partial charge in [0.25, 0.3) is 0 Å². The fraction of sp³-hybridized carbons (Fsp3) is 1.00. The molecule has 4 fully saturated rings. The van der Waals surface area contributed by atoms with Crippen molar-refractivity contribution in [2.75, 3.05) is 27.2 Å². The van der Waals surface area contributed by atoms with Gasteiger partial charge >= 0.3 is 0 Å². The average Bonchev–Trinajstić information content (AvgIpc) is 2.20. The van der Waals surface area contributed by atoms with Gasteiger partial charge in [-0.05, 0) is 69.9 Å². The first-order valence-corrected chi connectivity index (χ1v) is 7.10. The van der Waals surface area contributed by atoms with E-state index in [-0.39, 0.29) is 0 Å². The Hall–Kier alpha value is -0.0800. The van der Waals surface area contributed by atoms with Crippen LogP contribution in [-0.4, -0.2) is 38.1 Å². The summed E-state index contributed by atoms with van der Waals surface area (Å²) in [6, 6.07) is 0.868. The predicted molar refractivity (Wildman–Crippen MR) is 67.4 cm³/mol. The van der Waals surface area contributed by atoms with Gasteiger partial charge in [0.15, 0.2) is 0 Å². The third-order valence-electron chi connectivity index (χ3n) is 5.17. The van der Waals surface area contributed by atoms with Crippen LogP contribution in [0.4, 0.5) is 0 Å². The number of rotatable bonds is 4. The van der Waals surface area contributed by atoms with Gasteiger partial charge in [-0.3, -0.25) is 0 Å². The highest BCUT2D eigenvalue weighted by Gasteiger charge is 2.47. The zero-order chi connectivity index (χ0) is 11.1. The Labute approximate surface area is 99.8 Å². The molecule has 4 rings (SSSR count). The van der Waals surface area contributed by atoms with Gasteiger partial charge in [0.2, 0.25) is 0 Å². The Bertz CT molecular complexity index is 221. The third kappa shape index (κ3) is 2.02. The standard InChI is InChI=1S/C14H26N2/c1-16(2)4-3-15-14-12-6-10-5-11(8-12)9-13(14)7-10/h10-15H,3-9H2,1-2H3. The van der Waals surface area contributed by atoms with Crippen molar-refractivity contribution in [2.24, 2.45) is 23.7 Å². The molecule has 0 aromatic rings. The highest BCUT2D eigenvalue weighted by atomic mass is 15.1.